The topological polar surface area (TPSA) is 86.8 Å². The molecule has 1 fully saturated rings. The largest absolute Gasteiger partial charge is 0.352 e. The van der Waals surface area contributed by atoms with E-state index in [9.17, 15) is 26.8 Å². The summed E-state index contributed by atoms with van der Waals surface area (Å²) in [6.45, 7) is 1.92. The molecule has 1 atom stereocenters. The van der Waals surface area contributed by atoms with Gasteiger partial charge in [0.25, 0.3) is 0 Å². The van der Waals surface area contributed by atoms with Crippen LogP contribution in [0.25, 0.3) is 0 Å². The van der Waals surface area contributed by atoms with Gasteiger partial charge in [0.15, 0.2) is 11.6 Å². The Bertz CT molecular complexity index is 1240. The van der Waals surface area contributed by atoms with Crippen molar-refractivity contribution in [2.75, 3.05) is 17.1 Å². The number of nitrogens with one attached hydrogen (secondary N) is 1. The van der Waals surface area contributed by atoms with Crippen LogP contribution < -0.4 is 9.62 Å². The predicted octanol–water partition coefficient (Wildman–Crippen LogP) is 5.42. The minimum absolute atomic E-state index is 0.0276. The Morgan fingerprint density at radius 2 is 1.72 bits per heavy atom. The van der Waals surface area contributed by atoms with E-state index in [-0.39, 0.29) is 49.5 Å². The summed E-state index contributed by atoms with van der Waals surface area (Å²) in [7, 11) is -3.83. The zero-order valence-electron chi connectivity index (χ0n) is 22.3. The molecule has 3 rings (SSSR count). The summed E-state index contributed by atoms with van der Waals surface area (Å²) in [5, 5.41) is 3.67. The first kappa shape index (κ1) is 30.8. The fraction of sp³-hybridized carbons (Fsp3) is 0.500. The van der Waals surface area contributed by atoms with Gasteiger partial charge >= 0.3 is 0 Å². The molecule has 0 bridgehead atoms. The molecular weight excluding hydrogens is 548 g/mol. The van der Waals surface area contributed by atoms with Crippen molar-refractivity contribution in [3.63, 3.8) is 0 Å². The van der Waals surface area contributed by atoms with Gasteiger partial charge in [-0.25, -0.2) is 17.2 Å². The lowest BCUT2D eigenvalue weighted by Crippen LogP contribution is -2.51. The third-order valence-electron chi connectivity index (χ3n) is 6.95. The predicted molar refractivity (Wildman–Crippen MR) is 149 cm³/mol. The molecule has 1 aliphatic carbocycles. The molecule has 0 aromatic heterocycles. The number of hydrogen-bond acceptors (Lipinski definition) is 4. The molecule has 1 aliphatic rings. The number of halogens is 3. The van der Waals surface area contributed by atoms with E-state index < -0.39 is 27.7 Å². The van der Waals surface area contributed by atoms with Crippen molar-refractivity contribution >= 4 is 39.1 Å². The van der Waals surface area contributed by atoms with E-state index in [2.05, 4.69) is 5.32 Å². The zero-order valence-corrected chi connectivity index (χ0v) is 23.9. The number of amides is 2. The monoisotopic (exact) mass is 583 g/mol. The molecular formula is C28H36ClF2N3O4S. The highest BCUT2D eigenvalue weighted by atomic mass is 35.5. The van der Waals surface area contributed by atoms with Crippen molar-refractivity contribution in [1.29, 1.82) is 0 Å². The van der Waals surface area contributed by atoms with Crippen molar-refractivity contribution in [3.8, 4) is 0 Å². The molecule has 0 aliphatic heterocycles. The Balaban J connectivity index is 1.76. The van der Waals surface area contributed by atoms with E-state index in [4.69, 9.17) is 11.6 Å². The second kappa shape index (κ2) is 14.1. The van der Waals surface area contributed by atoms with Crippen LogP contribution >= 0.6 is 11.6 Å². The minimum atomic E-state index is -3.83. The molecule has 1 saturated carbocycles. The average Bonchev–Trinajstić information content (AvgIpc) is 2.89. The Morgan fingerprint density at radius 1 is 1.05 bits per heavy atom. The summed E-state index contributed by atoms with van der Waals surface area (Å²) in [5.41, 5.74) is 0.774. The maximum Gasteiger partial charge on any atom is 0.243 e. The highest BCUT2D eigenvalue weighted by molar-refractivity contribution is 7.92. The van der Waals surface area contributed by atoms with Gasteiger partial charge in [0.05, 0.1) is 11.9 Å². The van der Waals surface area contributed by atoms with E-state index in [0.29, 0.717) is 11.4 Å². The molecule has 0 radical (unpaired) electrons. The van der Waals surface area contributed by atoms with Gasteiger partial charge in [-0.2, -0.15) is 0 Å². The van der Waals surface area contributed by atoms with Gasteiger partial charge in [0.2, 0.25) is 21.8 Å². The van der Waals surface area contributed by atoms with Crippen LogP contribution in [0.4, 0.5) is 14.5 Å². The zero-order chi connectivity index (χ0) is 28.6. The maximum atomic E-state index is 13.8. The third kappa shape index (κ3) is 8.89. The third-order valence-corrected chi connectivity index (χ3v) is 8.39. The van der Waals surface area contributed by atoms with Crippen molar-refractivity contribution in [2.24, 2.45) is 0 Å². The van der Waals surface area contributed by atoms with Gasteiger partial charge in [0.1, 0.15) is 6.04 Å². The number of carbonyl (C=O) groups is 2. The van der Waals surface area contributed by atoms with Crippen molar-refractivity contribution in [2.45, 2.75) is 76.9 Å². The Hall–Kier alpha value is -2.72. The fourth-order valence-corrected chi connectivity index (χ4v) is 5.98. The number of rotatable bonds is 12. The van der Waals surface area contributed by atoms with Crippen LogP contribution in [0.5, 0.6) is 0 Å². The molecule has 0 heterocycles. The second-order valence-electron chi connectivity index (χ2n) is 9.95. The van der Waals surface area contributed by atoms with Gasteiger partial charge in [0, 0.05) is 36.6 Å². The standard InChI is InChI=1S/C28H36ClF2N3O4S/c1-3-26(28(36)32-22-8-5-4-6-9-22)33(19-20-11-13-21(29)14-12-20)27(35)10-7-17-34(39(2,37)38)23-15-16-24(30)25(31)18-23/h11-16,18,22,26H,3-10,17,19H2,1-2H3,(H,32,36)/t26-/m1/s1. The molecule has 0 saturated heterocycles. The molecule has 2 aromatic carbocycles. The van der Waals surface area contributed by atoms with Crippen LogP contribution in [0.3, 0.4) is 0 Å². The van der Waals surface area contributed by atoms with E-state index in [0.717, 1.165) is 60.4 Å². The number of carbonyl (C=O) groups excluding carboxylic acids is 2. The number of nitrogens with zero attached hydrogens (tertiary/aromatic N) is 2. The summed E-state index contributed by atoms with van der Waals surface area (Å²) >= 11 is 6.02. The van der Waals surface area contributed by atoms with Crippen molar-refractivity contribution in [3.05, 3.63) is 64.7 Å². The maximum absolute atomic E-state index is 13.8. The second-order valence-corrected chi connectivity index (χ2v) is 12.3. The number of hydrogen-bond donors (Lipinski definition) is 1. The Morgan fingerprint density at radius 3 is 2.31 bits per heavy atom. The van der Waals surface area contributed by atoms with Crippen LogP contribution in [0.1, 0.15) is 63.9 Å². The van der Waals surface area contributed by atoms with E-state index in [1.54, 1.807) is 24.3 Å². The normalized spacial score (nSPS) is 15.0. The van der Waals surface area contributed by atoms with Gasteiger partial charge < -0.3 is 10.2 Å². The molecule has 2 aromatic rings. The lowest BCUT2D eigenvalue weighted by atomic mass is 9.95. The Labute approximate surface area is 234 Å². The first-order valence-corrected chi connectivity index (χ1v) is 15.5. The molecule has 0 unspecified atom stereocenters. The molecule has 0 spiro atoms. The molecule has 2 amide bonds. The summed E-state index contributed by atoms with van der Waals surface area (Å²) in [6, 6.07) is 9.26. The van der Waals surface area contributed by atoms with E-state index in [1.165, 1.54) is 11.0 Å². The first-order valence-electron chi connectivity index (χ1n) is 13.3. The van der Waals surface area contributed by atoms with Crippen LogP contribution in [0, 0.1) is 11.6 Å². The number of sulfonamides is 1. The summed E-state index contributed by atoms with van der Waals surface area (Å²) in [6.07, 6.45) is 6.54. The minimum Gasteiger partial charge on any atom is -0.352 e. The van der Waals surface area contributed by atoms with Crippen LogP contribution in [-0.4, -0.2) is 50.0 Å². The Kier molecular flexibility index (Phi) is 11.1. The van der Waals surface area contributed by atoms with Crippen LogP contribution in [0.15, 0.2) is 42.5 Å². The summed E-state index contributed by atoms with van der Waals surface area (Å²) in [5.74, 6) is -2.76. The van der Waals surface area contributed by atoms with Gasteiger partial charge in [-0.15, -0.1) is 0 Å². The fourth-order valence-electron chi connectivity index (χ4n) is 4.89. The highest BCUT2D eigenvalue weighted by Crippen LogP contribution is 2.23. The van der Waals surface area contributed by atoms with Gasteiger partial charge in [-0.1, -0.05) is 49.9 Å². The number of benzene rings is 2. The highest BCUT2D eigenvalue weighted by Gasteiger charge is 2.30. The number of anilines is 1. The lowest BCUT2D eigenvalue weighted by molar-refractivity contribution is -0.141. The van der Waals surface area contributed by atoms with E-state index in [1.807, 2.05) is 6.92 Å². The molecule has 39 heavy (non-hydrogen) atoms. The van der Waals surface area contributed by atoms with Gasteiger partial charge in [-0.05, 0) is 55.5 Å². The first-order chi connectivity index (χ1) is 18.5. The van der Waals surface area contributed by atoms with Crippen molar-refractivity contribution < 1.29 is 26.8 Å². The lowest BCUT2D eigenvalue weighted by Gasteiger charge is -2.33. The summed E-state index contributed by atoms with van der Waals surface area (Å²) in [4.78, 5) is 28.4. The average molecular weight is 584 g/mol. The SMILES string of the molecule is CC[C@H](C(=O)NC1CCCCC1)N(Cc1ccc(Cl)cc1)C(=O)CCCN(c1ccc(F)c(F)c1)S(C)(=O)=O. The molecule has 11 heteroatoms. The van der Waals surface area contributed by atoms with Crippen LogP contribution in [0.2, 0.25) is 5.02 Å². The van der Waals surface area contributed by atoms with Crippen molar-refractivity contribution in [1.82, 2.24) is 10.2 Å². The molecule has 214 valence electrons. The van der Waals surface area contributed by atoms with Gasteiger partial charge in [-0.3, -0.25) is 13.9 Å². The molecule has 1 N–H and O–H groups in total. The summed E-state index contributed by atoms with van der Waals surface area (Å²) < 4.78 is 52.9. The quantitative estimate of drug-likeness (QED) is 0.361. The molecule has 7 nitrogen and oxygen atoms in total. The smallest absolute Gasteiger partial charge is 0.243 e. The van der Waals surface area contributed by atoms with E-state index >= 15 is 0 Å². The van der Waals surface area contributed by atoms with Crippen LogP contribution in [-0.2, 0) is 26.2 Å².